The Hall–Kier alpha value is -2.76. The summed E-state index contributed by atoms with van der Waals surface area (Å²) >= 11 is 0. The molecule has 1 N–H and O–H groups in total. The maximum atomic E-state index is 13.4. The molecule has 1 amide bonds. The lowest BCUT2D eigenvalue weighted by Crippen LogP contribution is -2.22. The van der Waals surface area contributed by atoms with Crippen molar-refractivity contribution in [1.82, 2.24) is 0 Å². The largest absolute Gasteiger partial charge is 0.452 e. The molecule has 0 aliphatic heterocycles. The van der Waals surface area contributed by atoms with Crippen LogP contribution in [0.15, 0.2) is 42.5 Å². The molecular formula is C18H17F2NO3. The fraction of sp³-hybridized carbons (Fsp3) is 0.222. The molecule has 0 aliphatic carbocycles. The maximum absolute atomic E-state index is 13.4. The summed E-state index contributed by atoms with van der Waals surface area (Å²) in [5.41, 5.74) is 0.795. The second-order valence-corrected chi connectivity index (χ2v) is 5.50. The van der Waals surface area contributed by atoms with Gasteiger partial charge in [-0.2, -0.15) is 0 Å². The lowest BCUT2D eigenvalue weighted by atomic mass is 10.0. The van der Waals surface area contributed by atoms with Gasteiger partial charge in [0.25, 0.3) is 5.91 Å². The number of rotatable bonds is 5. The van der Waals surface area contributed by atoms with Crippen molar-refractivity contribution in [2.24, 2.45) is 0 Å². The van der Waals surface area contributed by atoms with E-state index in [2.05, 4.69) is 0 Å². The minimum atomic E-state index is -0.904. The molecule has 2 rings (SSSR count). The van der Waals surface area contributed by atoms with Crippen molar-refractivity contribution in [3.8, 4) is 0 Å². The first kappa shape index (κ1) is 17.6. The van der Waals surface area contributed by atoms with Crippen LogP contribution in [-0.4, -0.2) is 18.5 Å². The first-order valence-corrected chi connectivity index (χ1v) is 7.39. The van der Waals surface area contributed by atoms with E-state index in [9.17, 15) is 18.4 Å². The summed E-state index contributed by atoms with van der Waals surface area (Å²) in [6.45, 7) is 3.41. The Morgan fingerprint density at radius 3 is 2.17 bits per heavy atom. The number of amides is 1. The highest BCUT2D eigenvalue weighted by Crippen LogP contribution is 2.18. The number of esters is 1. The monoisotopic (exact) mass is 333 g/mol. The van der Waals surface area contributed by atoms with Crippen molar-refractivity contribution in [2.75, 3.05) is 11.9 Å². The predicted octanol–water partition coefficient (Wildman–Crippen LogP) is 3.88. The summed E-state index contributed by atoms with van der Waals surface area (Å²) in [4.78, 5) is 23.5. The Morgan fingerprint density at radius 2 is 1.62 bits per heavy atom. The Labute approximate surface area is 138 Å². The molecule has 24 heavy (non-hydrogen) atoms. The standard InChI is InChI=1S/C18H17F2NO3/c1-11(2)12-6-8-13(9-7-12)18(23)24-10-16(22)21-17-14(19)4-3-5-15(17)20/h3-9,11H,10H2,1-2H3,(H,21,22). The van der Waals surface area contributed by atoms with Crippen molar-refractivity contribution in [1.29, 1.82) is 0 Å². The van der Waals surface area contributed by atoms with Gasteiger partial charge in [-0.15, -0.1) is 0 Å². The third-order valence-electron chi connectivity index (χ3n) is 3.37. The van der Waals surface area contributed by atoms with Crippen LogP contribution in [0.25, 0.3) is 0 Å². The lowest BCUT2D eigenvalue weighted by molar-refractivity contribution is -0.119. The minimum absolute atomic E-state index is 0.296. The number of ether oxygens (including phenoxy) is 1. The van der Waals surface area contributed by atoms with E-state index in [0.29, 0.717) is 11.5 Å². The van der Waals surface area contributed by atoms with Crippen LogP contribution in [0.5, 0.6) is 0 Å². The van der Waals surface area contributed by atoms with Crippen LogP contribution in [0, 0.1) is 11.6 Å². The molecule has 0 bridgehead atoms. The highest BCUT2D eigenvalue weighted by atomic mass is 19.1. The number of halogens is 2. The van der Waals surface area contributed by atoms with Gasteiger partial charge in [0.15, 0.2) is 6.61 Å². The van der Waals surface area contributed by atoms with Crippen molar-refractivity contribution in [3.05, 3.63) is 65.2 Å². The van der Waals surface area contributed by atoms with Crippen molar-refractivity contribution < 1.29 is 23.1 Å². The molecule has 0 saturated carbocycles. The number of anilines is 1. The summed E-state index contributed by atoms with van der Waals surface area (Å²) in [6, 6.07) is 10.0. The van der Waals surface area contributed by atoms with E-state index in [1.54, 1.807) is 24.3 Å². The van der Waals surface area contributed by atoms with Crippen LogP contribution in [0.1, 0.15) is 35.7 Å². The highest BCUT2D eigenvalue weighted by molar-refractivity contribution is 5.95. The molecule has 2 aromatic rings. The SMILES string of the molecule is CC(C)c1ccc(C(=O)OCC(=O)Nc2c(F)cccc2F)cc1. The van der Waals surface area contributed by atoms with Gasteiger partial charge < -0.3 is 10.1 Å². The summed E-state index contributed by atoms with van der Waals surface area (Å²) in [5.74, 6) is -2.99. The molecular weight excluding hydrogens is 316 g/mol. The van der Waals surface area contributed by atoms with Crippen LogP contribution >= 0.6 is 0 Å². The Kier molecular flexibility index (Phi) is 5.63. The van der Waals surface area contributed by atoms with Gasteiger partial charge in [-0.25, -0.2) is 13.6 Å². The van der Waals surface area contributed by atoms with E-state index in [4.69, 9.17) is 4.74 Å². The first-order valence-electron chi connectivity index (χ1n) is 7.39. The third-order valence-corrected chi connectivity index (χ3v) is 3.37. The van der Waals surface area contributed by atoms with Gasteiger partial charge >= 0.3 is 5.97 Å². The fourth-order valence-corrected chi connectivity index (χ4v) is 2.01. The molecule has 0 saturated heterocycles. The molecule has 2 aromatic carbocycles. The normalized spacial score (nSPS) is 10.5. The molecule has 6 heteroatoms. The Bertz CT molecular complexity index is 722. The fourth-order valence-electron chi connectivity index (χ4n) is 2.01. The Morgan fingerprint density at radius 1 is 1.04 bits per heavy atom. The van der Waals surface area contributed by atoms with Gasteiger partial charge in [-0.3, -0.25) is 4.79 Å². The van der Waals surface area contributed by atoms with Crippen LogP contribution in [0.2, 0.25) is 0 Å². The molecule has 0 atom stereocenters. The number of carbonyl (C=O) groups is 2. The molecule has 0 radical (unpaired) electrons. The molecule has 0 spiro atoms. The number of nitrogens with one attached hydrogen (secondary N) is 1. The Balaban J connectivity index is 1.92. The topological polar surface area (TPSA) is 55.4 Å². The van der Waals surface area contributed by atoms with Gasteiger partial charge in [0, 0.05) is 0 Å². The van der Waals surface area contributed by atoms with Crippen molar-refractivity contribution in [2.45, 2.75) is 19.8 Å². The number of hydrogen-bond donors (Lipinski definition) is 1. The summed E-state index contributed by atoms with van der Waals surface area (Å²) in [6.07, 6.45) is 0. The number of carbonyl (C=O) groups excluding carboxylic acids is 2. The van der Waals surface area contributed by atoms with Gasteiger partial charge in [0.2, 0.25) is 0 Å². The third kappa shape index (κ3) is 4.38. The summed E-state index contributed by atoms with van der Waals surface area (Å²) < 4.78 is 31.7. The zero-order chi connectivity index (χ0) is 17.7. The van der Waals surface area contributed by atoms with Crippen LogP contribution in [0.3, 0.4) is 0 Å². The molecule has 0 aromatic heterocycles. The van der Waals surface area contributed by atoms with Crippen LogP contribution in [-0.2, 0) is 9.53 Å². The zero-order valence-electron chi connectivity index (χ0n) is 13.3. The average Bonchev–Trinajstić information content (AvgIpc) is 2.56. The molecule has 0 unspecified atom stereocenters. The molecule has 0 fully saturated rings. The quantitative estimate of drug-likeness (QED) is 0.845. The molecule has 0 aliphatic rings. The smallest absolute Gasteiger partial charge is 0.338 e. The van der Waals surface area contributed by atoms with E-state index in [1.807, 2.05) is 19.2 Å². The minimum Gasteiger partial charge on any atom is -0.452 e. The highest BCUT2D eigenvalue weighted by Gasteiger charge is 2.14. The predicted molar refractivity (Wildman–Crippen MR) is 85.8 cm³/mol. The maximum Gasteiger partial charge on any atom is 0.338 e. The zero-order valence-corrected chi connectivity index (χ0v) is 13.3. The van der Waals surface area contributed by atoms with Crippen molar-refractivity contribution in [3.63, 3.8) is 0 Å². The van der Waals surface area contributed by atoms with Gasteiger partial charge in [0.05, 0.1) is 5.56 Å². The van der Waals surface area contributed by atoms with Crippen molar-refractivity contribution >= 4 is 17.6 Å². The second kappa shape index (κ2) is 7.68. The van der Waals surface area contributed by atoms with Crippen LogP contribution < -0.4 is 5.32 Å². The average molecular weight is 333 g/mol. The van der Waals surface area contributed by atoms with E-state index in [0.717, 1.165) is 17.7 Å². The number of para-hydroxylation sites is 1. The molecule has 126 valence electrons. The van der Waals surface area contributed by atoms with E-state index >= 15 is 0 Å². The summed E-state index contributed by atoms with van der Waals surface area (Å²) in [7, 11) is 0. The number of hydrogen-bond acceptors (Lipinski definition) is 3. The molecule has 4 nitrogen and oxygen atoms in total. The lowest BCUT2D eigenvalue weighted by Gasteiger charge is -2.09. The van der Waals surface area contributed by atoms with E-state index in [-0.39, 0.29) is 0 Å². The number of benzene rings is 2. The van der Waals surface area contributed by atoms with Crippen LogP contribution in [0.4, 0.5) is 14.5 Å². The second-order valence-electron chi connectivity index (χ2n) is 5.50. The van der Waals surface area contributed by atoms with Gasteiger partial charge in [0.1, 0.15) is 17.3 Å². The van der Waals surface area contributed by atoms with Gasteiger partial charge in [-0.1, -0.05) is 32.0 Å². The van der Waals surface area contributed by atoms with Gasteiger partial charge in [-0.05, 0) is 35.7 Å². The van der Waals surface area contributed by atoms with E-state index < -0.39 is 35.8 Å². The van der Waals surface area contributed by atoms with E-state index in [1.165, 1.54) is 6.07 Å². The first-order chi connectivity index (χ1) is 11.4. The molecule has 0 heterocycles. The summed E-state index contributed by atoms with van der Waals surface area (Å²) in [5, 5.41) is 2.04.